The highest BCUT2D eigenvalue weighted by Crippen LogP contribution is 2.31. The molecule has 0 bridgehead atoms. The van der Waals surface area contributed by atoms with Crippen LogP contribution >= 0.6 is 11.3 Å². The first-order valence-electron chi connectivity index (χ1n) is 7.98. The lowest BCUT2D eigenvalue weighted by Crippen LogP contribution is -2.35. The Kier molecular flexibility index (Phi) is 4.85. The van der Waals surface area contributed by atoms with E-state index in [-0.39, 0.29) is 10.4 Å². The maximum Gasteiger partial charge on any atom is 0.270 e. The Morgan fingerprint density at radius 3 is 2.65 bits per heavy atom. The summed E-state index contributed by atoms with van der Waals surface area (Å²) in [6.07, 6.45) is 3.65. The Morgan fingerprint density at radius 1 is 1.26 bits per heavy atom. The average Bonchev–Trinajstić information content (AvgIpc) is 3.14. The van der Waals surface area contributed by atoms with E-state index in [0.717, 1.165) is 36.3 Å². The second-order valence-corrected chi connectivity index (χ2v) is 9.32. The molecule has 0 N–H and O–H groups in total. The van der Waals surface area contributed by atoms with Crippen LogP contribution < -0.4 is 0 Å². The minimum absolute atomic E-state index is 0.0877. The predicted molar refractivity (Wildman–Crippen MR) is 93.3 cm³/mol. The molecule has 6 heteroatoms. The van der Waals surface area contributed by atoms with Crippen molar-refractivity contribution in [2.24, 2.45) is 0 Å². The lowest BCUT2D eigenvalue weighted by Gasteiger charge is -2.22. The summed E-state index contributed by atoms with van der Waals surface area (Å²) >= 11 is 1.28. The van der Waals surface area contributed by atoms with Crippen molar-refractivity contribution in [3.05, 3.63) is 46.5 Å². The van der Waals surface area contributed by atoms with Crippen LogP contribution in [0.25, 0.3) is 0 Å². The maximum atomic E-state index is 12.9. The third-order valence-corrected chi connectivity index (χ3v) is 7.85. The summed E-state index contributed by atoms with van der Waals surface area (Å²) in [5.74, 6) is 0. The summed E-state index contributed by atoms with van der Waals surface area (Å²) in [4.78, 5) is 5.24. The number of thiazole rings is 1. The monoisotopic (exact) mass is 350 g/mol. The third kappa shape index (κ3) is 3.49. The average molecular weight is 351 g/mol. The largest absolute Gasteiger partial charge is 0.270 e. The van der Waals surface area contributed by atoms with E-state index in [2.05, 4.69) is 17.1 Å². The fourth-order valence-electron chi connectivity index (χ4n) is 3.05. The molecule has 0 saturated carbocycles. The van der Waals surface area contributed by atoms with Crippen molar-refractivity contribution in [1.82, 2.24) is 9.29 Å². The van der Waals surface area contributed by atoms with Crippen molar-refractivity contribution in [1.29, 1.82) is 0 Å². The van der Waals surface area contributed by atoms with Crippen molar-refractivity contribution >= 4 is 21.4 Å². The fraction of sp³-hybridized carbons (Fsp3) is 0.471. The molecular weight excluding hydrogens is 328 g/mol. The summed E-state index contributed by atoms with van der Waals surface area (Å²) in [5.41, 5.74) is 2.08. The lowest BCUT2D eigenvalue weighted by atomic mass is 10.0. The summed E-state index contributed by atoms with van der Waals surface area (Å²) < 4.78 is 27.7. The molecule has 1 aromatic heterocycles. The minimum Gasteiger partial charge on any atom is -0.229 e. The minimum atomic E-state index is -3.45. The van der Waals surface area contributed by atoms with Gasteiger partial charge in [-0.1, -0.05) is 30.3 Å². The van der Waals surface area contributed by atoms with Crippen molar-refractivity contribution < 1.29 is 8.42 Å². The van der Waals surface area contributed by atoms with Gasteiger partial charge in [-0.3, -0.25) is 0 Å². The molecule has 1 saturated heterocycles. The summed E-state index contributed by atoms with van der Waals surface area (Å²) in [6.45, 7) is 4.39. The number of hydrogen-bond acceptors (Lipinski definition) is 4. The molecule has 2 aromatic rings. The van der Waals surface area contributed by atoms with Gasteiger partial charge < -0.3 is 0 Å². The summed E-state index contributed by atoms with van der Waals surface area (Å²) in [5, 5.41) is 0. The first kappa shape index (κ1) is 16.6. The molecule has 0 spiro atoms. The number of benzene rings is 1. The molecular formula is C17H22N2O2S2. The van der Waals surface area contributed by atoms with Crippen LogP contribution in [0.2, 0.25) is 0 Å². The van der Waals surface area contributed by atoms with E-state index in [1.165, 1.54) is 16.9 Å². The normalized spacial score (nSPS) is 19.3. The first-order chi connectivity index (χ1) is 11.0. The number of sulfonamides is 1. The van der Waals surface area contributed by atoms with E-state index in [9.17, 15) is 8.42 Å². The van der Waals surface area contributed by atoms with Crippen LogP contribution in [-0.2, 0) is 16.4 Å². The third-order valence-electron chi connectivity index (χ3n) is 4.47. The number of aromatic nitrogens is 1. The van der Waals surface area contributed by atoms with Crippen LogP contribution in [0.1, 0.15) is 35.4 Å². The smallest absolute Gasteiger partial charge is 0.229 e. The summed E-state index contributed by atoms with van der Waals surface area (Å²) in [7, 11) is -3.45. The molecule has 0 amide bonds. The van der Waals surface area contributed by atoms with Crippen molar-refractivity contribution in [3.8, 4) is 0 Å². The van der Waals surface area contributed by atoms with E-state index in [1.54, 1.807) is 4.31 Å². The number of aryl methyl sites for hydroxylation is 3. The molecule has 124 valence electrons. The van der Waals surface area contributed by atoms with E-state index in [4.69, 9.17) is 0 Å². The zero-order chi connectivity index (χ0) is 16.4. The van der Waals surface area contributed by atoms with Gasteiger partial charge in [0.15, 0.2) is 0 Å². The maximum absolute atomic E-state index is 12.9. The van der Waals surface area contributed by atoms with Gasteiger partial charge in [-0.15, -0.1) is 11.3 Å². The van der Waals surface area contributed by atoms with Gasteiger partial charge in [-0.2, -0.15) is 4.31 Å². The van der Waals surface area contributed by atoms with Crippen molar-refractivity contribution in [2.75, 3.05) is 6.54 Å². The van der Waals surface area contributed by atoms with Crippen molar-refractivity contribution in [3.63, 3.8) is 0 Å². The van der Waals surface area contributed by atoms with Crippen molar-refractivity contribution in [2.45, 2.75) is 49.9 Å². The molecule has 3 rings (SSSR count). The van der Waals surface area contributed by atoms with Crippen LogP contribution in [0.3, 0.4) is 0 Å². The first-order valence-corrected chi connectivity index (χ1v) is 10.2. The molecule has 1 aliphatic rings. The zero-order valence-corrected chi connectivity index (χ0v) is 15.2. The Labute approximate surface area is 142 Å². The van der Waals surface area contributed by atoms with E-state index in [0.29, 0.717) is 6.54 Å². The van der Waals surface area contributed by atoms with Crippen LogP contribution in [-0.4, -0.2) is 30.3 Å². The van der Waals surface area contributed by atoms with Crippen LogP contribution in [0.4, 0.5) is 0 Å². The highest BCUT2D eigenvalue weighted by atomic mass is 32.2. The molecule has 1 atom stereocenters. The molecule has 2 heterocycles. The number of rotatable bonds is 5. The second kappa shape index (κ2) is 6.71. The Bertz CT molecular complexity index is 750. The van der Waals surface area contributed by atoms with E-state index >= 15 is 0 Å². The van der Waals surface area contributed by atoms with Gasteiger partial charge in [0.05, 0.1) is 5.69 Å². The Morgan fingerprint density at radius 2 is 2.00 bits per heavy atom. The molecule has 1 fully saturated rings. The van der Waals surface area contributed by atoms with Gasteiger partial charge in [-0.05, 0) is 45.1 Å². The Balaban J connectivity index is 1.75. The summed E-state index contributed by atoms with van der Waals surface area (Å²) in [6, 6.07) is 10.3. The molecule has 23 heavy (non-hydrogen) atoms. The fourth-order valence-corrected chi connectivity index (χ4v) is 6.19. The van der Waals surface area contributed by atoms with Crippen LogP contribution in [0.15, 0.2) is 34.7 Å². The van der Waals surface area contributed by atoms with Gasteiger partial charge in [-0.25, -0.2) is 13.4 Å². The van der Waals surface area contributed by atoms with Gasteiger partial charge in [0.25, 0.3) is 10.0 Å². The zero-order valence-electron chi connectivity index (χ0n) is 13.5. The van der Waals surface area contributed by atoms with Gasteiger partial charge in [0, 0.05) is 17.5 Å². The van der Waals surface area contributed by atoms with Gasteiger partial charge >= 0.3 is 0 Å². The topological polar surface area (TPSA) is 50.3 Å². The molecule has 0 aliphatic carbocycles. The van der Waals surface area contributed by atoms with Gasteiger partial charge in [0.2, 0.25) is 4.34 Å². The van der Waals surface area contributed by atoms with Gasteiger partial charge in [0.1, 0.15) is 0 Å². The van der Waals surface area contributed by atoms with E-state index in [1.807, 2.05) is 32.0 Å². The predicted octanol–water partition coefficient (Wildman–Crippen LogP) is 3.55. The van der Waals surface area contributed by atoms with Crippen LogP contribution in [0.5, 0.6) is 0 Å². The Hall–Kier alpha value is -1.24. The van der Waals surface area contributed by atoms with Crippen LogP contribution in [0, 0.1) is 13.8 Å². The highest BCUT2D eigenvalue weighted by molar-refractivity contribution is 7.91. The number of nitrogens with zero attached hydrogens (tertiary/aromatic N) is 2. The standard InChI is InChI=1S/C17H22N2O2S2/c1-13-14(2)22-17(18-13)23(20,21)19-12-6-9-16(19)11-10-15-7-4-3-5-8-15/h3-5,7-8,16H,6,9-12H2,1-2H3. The van der Waals surface area contributed by atoms with E-state index < -0.39 is 10.0 Å². The molecule has 1 aromatic carbocycles. The molecule has 1 unspecified atom stereocenters. The highest BCUT2D eigenvalue weighted by Gasteiger charge is 2.36. The lowest BCUT2D eigenvalue weighted by molar-refractivity contribution is 0.370. The SMILES string of the molecule is Cc1nc(S(=O)(=O)N2CCCC2CCc2ccccc2)sc1C. The second-order valence-electron chi connectivity index (χ2n) is 6.06. The molecule has 0 radical (unpaired) electrons. The molecule has 1 aliphatic heterocycles. The quantitative estimate of drug-likeness (QED) is 0.829. The number of hydrogen-bond donors (Lipinski definition) is 0. The molecule has 4 nitrogen and oxygen atoms in total.